The number of carboxylic acids is 1. The summed E-state index contributed by atoms with van der Waals surface area (Å²) in [4.78, 5) is 26.7. The molecule has 1 amide bonds. The van der Waals surface area contributed by atoms with Gasteiger partial charge in [0.25, 0.3) is 5.91 Å². The molecule has 1 aliphatic rings. The summed E-state index contributed by atoms with van der Waals surface area (Å²) in [6.07, 6.45) is 3.27. The van der Waals surface area contributed by atoms with E-state index in [1.54, 1.807) is 36.4 Å². The first-order valence-corrected chi connectivity index (χ1v) is 10.2. The summed E-state index contributed by atoms with van der Waals surface area (Å²) < 4.78 is 0. The fraction of sp³-hybridized carbons (Fsp3) is 0.200. The molecule has 1 saturated heterocycles. The Morgan fingerprint density at radius 1 is 0.900 bits per heavy atom. The molecule has 0 radical (unpaired) electrons. The predicted molar refractivity (Wildman–Crippen MR) is 118 cm³/mol. The standard InChI is InChI=1S/C25H24N2O3/c28-24(19-11-5-2-6-12-19)26-22-17-20(14-15-21(22)25(29)30)27-16-8-7-13-23(27)18-9-3-1-4-10-18/h1-6,9-12,14-15,17,23H,7-8,13,16H2,(H,26,28)(H,29,30). The van der Waals surface area contributed by atoms with Crippen molar-refractivity contribution in [3.05, 3.63) is 95.6 Å². The third kappa shape index (κ3) is 4.20. The van der Waals surface area contributed by atoms with Crippen LogP contribution >= 0.6 is 0 Å². The minimum absolute atomic E-state index is 0.0799. The first-order valence-electron chi connectivity index (χ1n) is 10.2. The molecule has 0 aliphatic carbocycles. The Balaban J connectivity index is 1.67. The SMILES string of the molecule is O=C(Nc1cc(N2CCCCC2c2ccccc2)ccc1C(=O)O)c1ccccc1. The van der Waals surface area contributed by atoms with E-state index in [2.05, 4.69) is 22.3 Å². The van der Waals surface area contributed by atoms with Crippen LogP contribution in [-0.2, 0) is 0 Å². The van der Waals surface area contributed by atoms with E-state index in [1.165, 1.54) is 5.56 Å². The number of carbonyl (C=O) groups is 2. The molecule has 3 aromatic carbocycles. The number of piperidine rings is 1. The number of amides is 1. The molecule has 152 valence electrons. The van der Waals surface area contributed by atoms with Crippen molar-refractivity contribution in [2.45, 2.75) is 25.3 Å². The van der Waals surface area contributed by atoms with Crippen molar-refractivity contribution in [3.63, 3.8) is 0 Å². The van der Waals surface area contributed by atoms with Crippen molar-refractivity contribution >= 4 is 23.3 Å². The lowest BCUT2D eigenvalue weighted by Crippen LogP contribution is -2.33. The zero-order chi connectivity index (χ0) is 20.9. The maximum Gasteiger partial charge on any atom is 0.337 e. The van der Waals surface area contributed by atoms with Crippen LogP contribution in [0.5, 0.6) is 0 Å². The summed E-state index contributed by atoms with van der Waals surface area (Å²) in [7, 11) is 0. The third-order valence-electron chi connectivity index (χ3n) is 5.54. The second kappa shape index (κ2) is 8.82. The van der Waals surface area contributed by atoms with Crippen molar-refractivity contribution in [1.82, 2.24) is 0 Å². The number of nitrogens with one attached hydrogen (secondary N) is 1. The first kappa shape index (κ1) is 19.7. The highest BCUT2D eigenvalue weighted by Crippen LogP contribution is 2.36. The van der Waals surface area contributed by atoms with Crippen LogP contribution in [0.15, 0.2) is 78.9 Å². The van der Waals surface area contributed by atoms with E-state index in [0.29, 0.717) is 11.3 Å². The first-order chi connectivity index (χ1) is 14.6. The molecule has 3 aromatic rings. The molecule has 5 heteroatoms. The molecule has 0 saturated carbocycles. The molecular weight excluding hydrogens is 376 g/mol. The number of hydrogen-bond acceptors (Lipinski definition) is 3. The van der Waals surface area contributed by atoms with Crippen LogP contribution in [0.3, 0.4) is 0 Å². The number of carboxylic acid groups (broad SMARTS) is 1. The lowest BCUT2D eigenvalue weighted by atomic mass is 9.94. The number of benzene rings is 3. The maximum atomic E-state index is 12.6. The van der Waals surface area contributed by atoms with E-state index in [9.17, 15) is 14.7 Å². The van der Waals surface area contributed by atoms with Gasteiger partial charge in [-0.05, 0) is 55.2 Å². The van der Waals surface area contributed by atoms with Gasteiger partial charge in [0, 0.05) is 17.8 Å². The number of aromatic carboxylic acids is 1. The van der Waals surface area contributed by atoms with Crippen LogP contribution < -0.4 is 10.2 Å². The molecule has 1 heterocycles. The van der Waals surface area contributed by atoms with Gasteiger partial charge in [0.2, 0.25) is 0 Å². The number of hydrogen-bond donors (Lipinski definition) is 2. The molecular formula is C25H24N2O3. The summed E-state index contributed by atoms with van der Waals surface area (Å²) in [6.45, 7) is 0.887. The summed E-state index contributed by atoms with van der Waals surface area (Å²) >= 11 is 0. The Hall–Kier alpha value is -3.60. The van der Waals surface area contributed by atoms with E-state index >= 15 is 0 Å². The van der Waals surface area contributed by atoms with Crippen molar-refractivity contribution < 1.29 is 14.7 Å². The summed E-state index contributed by atoms with van der Waals surface area (Å²) in [5, 5.41) is 12.4. The van der Waals surface area contributed by atoms with Gasteiger partial charge >= 0.3 is 5.97 Å². The normalized spacial score (nSPS) is 16.1. The summed E-state index contributed by atoms with van der Waals surface area (Å²) in [6, 6.07) is 24.6. The number of anilines is 2. The fourth-order valence-corrected chi connectivity index (χ4v) is 4.05. The third-order valence-corrected chi connectivity index (χ3v) is 5.54. The minimum Gasteiger partial charge on any atom is -0.478 e. The van der Waals surface area contributed by atoms with Crippen molar-refractivity contribution in [1.29, 1.82) is 0 Å². The van der Waals surface area contributed by atoms with Gasteiger partial charge in [0.1, 0.15) is 0 Å². The van der Waals surface area contributed by atoms with Crippen LogP contribution in [0, 0.1) is 0 Å². The van der Waals surface area contributed by atoms with Gasteiger partial charge in [-0.1, -0.05) is 48.5 Å². The zero-order valence-corrected chi connectivity index (χ0v) is 16.6. The molecule has 2 N–H and O–H groups in total. The minimum atomic E-state index is -1.07. The Labute approximate surface area is 176 Å². The van der Waals surface area contributed by atoms with Crippen LogP contribution in [0.1, 0.15) is 51.6 Å². The zero-order valence-electron chi connectivity index (χ0n) is 16.6. The molecule has 4 rings (SSSR count). The molecule has 0 spiro atoms. The van der Waals surface area contributed by atoms with Crippen LogP contribution in [0.25, 0.3) is 0 Å². The van der Waals surface area contributed by atoms with Gasteiger partial charge < -0.3 is 15.3 Å². The van der Waals surface area contributed by atoms with E-state index < -0.39 is 5.97 Å². The smallest absolute Gasteiger partial charge is 0.337 e. The quantitative estimate of drug-likeness (QED) is 0.604. The molecule has 1 atom stereocenters. The van der Waals surface area contributed by atoms with Gasteiger partial charge in [0.05, 0.1) is 17.3 Å². The van der Waals surface area contributed by atoms with Crippen molar-refractivity contribution in [2.24, 2.45) is 0 Å². The molecule has 0 bridgehead atoms. The van der Waals surface area contributed by atoms with Crippen LogP contribution in [0.4, 0.5) is 11.4 Å². The molecule has 1 aliphatic heterocycles. The van der Waals surface area contributed by atoms with Gasteiger partial charge in [-0.2, -0.15) is 0 Å². The Morgan fingerprint density at radius 3 is 2.30 bits per heavy atom. The maximum absolute atomic E-state index is 12.6. The van der Waals surface area contributed by atoms with Gasteiger partial charge in [-0.3, -0.25) is 4.79 Å². The Bertz CT molecular complexity index is 1030. The predicted octanol–water partition coefficient (Wildman–Crippen LogP) is 5.37. The van der Waals surface area contributed by atoms with Crippen molar-refractivity contribution in [2.75, 3.05) is 16.8 Å². The highest BCUT2D eigenvalue weighted by Gasteiger charge is 2.25. The average Bonchev–Trinajstić information content (AvgIpc) is 2.80. The summed E-state index contributed by atoms with van der Waals surface area (Å²) in [5.41, 5.74) is 3.04. The fourth-order valence-electron chi connectivity index (χ4n) is 4.05. The lowest BCUT2D eigenvalue weighted by molar-refractivity contribution is 0.0698. The topological polar surface area (TPSA) is 69.6 Å². The molecule has 1 fully saturated rings. The average molecular weight is 400 g/mol. The second-order valence-corrected chi connectivity index (χ2v) is 7.47. The van der Waals surface area contributed by atoms with Gasteiger partial charge in [-0.25, -0.2) is 4.79 Å². The highest BCUT2D eigenvalue weighted by atomic mass is 16.4. The molecule has 0 aromatic heterocycles. The molecule has 5 nitrogen and oxygen atoms in total. The van der Waals surface area contributed by atoms with Gasteiger partial charge in [-0.15, -0.1) is 0 Å². The van der Waals surface area contributed by atoms with E-state index in [-0.39, 0.29) is 17.5 Å². The highest BCUT2D eigenvalue weighted by molar-refractivity contribution is 6.08. The van der Waals surface area contributed by atoms with Crippen molar-refractivity contribution in [3.8, 4) is 0 Å². The number of carbonyl (C=O) groups excluding carboxylic acids is 1. The Morgan fingerprint density at radius 2 is 1.60 bits per heavy atom. The molecule has 1 unspecified atom stereocenters. The van der Waals surface area contributed by atoms with Gasteiger partial charge in [0.15, 0.2) is 0 Å². The lowest BCUT2D eigenvalue weighted by Gasteiger charge is -2.38. The van der Waals surface area contributed by atoms with E-state index in [4.69, 9.17) is 0 Å². The number of nitrogens with zero attached hydrogens (tertiary/aromatic N) is 1. The van der Waals surface area contributed by atoms with Crippen LogP contribution in [0.2, 0.25) is 0 Å². The monoisotopic (exact) mass is 400 g/mol. The number of rotatable bonds is 5. The Kier molecular flexibility index (Phi) is 5.80. The second-order valence-electron chi connectivity index (χ2n) is 7.47. The van der Waals surface area contributed by atoms with E-state index in [0.717, 1.165) is 31.5 Å². The van der Waals surface area contributed by atoms with E-state index in [1.807, 2.05) is 30.3 Å². The summed E-state index contributed by atoms with van der Waals surface area (Å²) in [5.74, 6) is -1.39. The largest absolute Gasteiger partial charge is 0.478 e. The molecule has 30 heavy (non-hydrogen) atoms. The van der Waals surface area contributed by atoms with Crippen LogP contribution in [-0.4, -0.2) is 23.5 Å².